The van der Waals surface area contributed by atoms with Gasteiger partial charge >= 0.3 is 0 Å². The van der Waals surface area contributed by atoms with Crippen molar-refractivity contribution in [3.8, 4) is 11.4 Å². The van der Waals surface area contributed by atoms with Crippen LogP contribution in [0.15, 0.2) is 23.7 Å². The molecule has 0 radical (unpaired) electrons. The van der Waals surface area contributed by atoms with Gasteiger partial charge in [0.1, 0.15) is 6.10 Å². The molecule has 2 rings (SSSR count). The Morgan fingerprint density at radius 2 is 2.42 bits per heavy atom. The van der Waals surface area contributed by atoms with Crippen molar-refractivity contribution in [2.45, 2.75) is 19.4 Å². The maximum atomic E-state index is 11.9. The van der Waals surface area contributed by atoms with E-state index in [1.165, 1.54) is 18.4 Å². The minimum atomic E-state index is -0.428. The van der Waals surface area contributed by atoms with Gasteiger partial charge in [-0.25, -0.2) is 4.98 Å². The summed E-state index contributed by atoms with van der Waals surface area (Å²) in [5, 5.41) is 5.30. The lowest BCUT2D eigenvalue weighted by Gasteiger charge is -2.11. The van der Waals surface area contributed by atoms with E-state index < -0.39 is 6.10 Å². The van der Waals surface area contributed by atoms with Gasteiger partial charge < -0.3 is 9.30 Å². The van der Waals surface area contributed by atoms with E-state index in [4.69, 9.17) is 4.74 Å². The van der Waals surface area contributed by atoms with E-state index in [9.17, 15) is 4.79 Å². The molecule has 0 aromatic carbocycles. The first-order valence-corrected chi connectivity index (χ1v) is 6.94. The Labute approximate surface area is 116 Å². The van der Waals surface area contributed by atoms with Crippen LogP contribution in [0.25, 0.3) is 11.4 Å². The Bertz CT molecular complexity index is 558. The Kier molecular flexibility index (Phi) is 4.34. The number of hydrogen-bond donors (Lipinski definition) is 1. The molecule has 0 fully saturated rings. The molecule has 0 unspecified atom stereocenters. The monoisotopic (exact) mass is 279 g/mol. The minimum Gasteiger partial charge on any atom is -0.372 e. The number of rotatable bonds is 5. The van der Waals surface area contributed by atoms with Gasteiger partial charge in [-0.15, -0.1) is 11.3 Å². The molecule has 2 heterocycles. The summed E-state index contributed by atoms with van der Waals surface area (Å²) in [6.07, 6.45) is 2.17. The Balaban J connectivity index is 2.10. The fourth-order valence-corrected chi connectivity index (χ4v) is 2.53. The Morgan fingerprint density at radius 3 is 3.00 bits per heavy atom. The van der Waals surface area contributed by atoms with E-state index in [-0.39, 0.29) is 5.91 Å². The van der Waals surface area contributed by atoms with Crippen LogP contribution in [-0.2, 0) is 16.6 Å². The SMILES string of the molecule is CC[C@@H](OC)C(=O)Nc1nc(-c2cccn2C)cs1. The zero-order valence-corrected chi connectivity index (χ0v) is 12.0. The zero-order valence-electron chi connectivity index (χ0n) is 11.2. The van der Waals surface area contributed by atoms with Crippen molar-refractivity contribution >= 4 is 22.4 Å². The third kappa shape index (κ3) is 3.02. The number of carbonyl (C=O) groups is 1. The van der Waals surface area contributed by atoms with E-state index in [0.29, 0.717) is 11.6 Å². The summed E-state index contributed by atoms with van der Waals surface area (Å²) in [6.45, 7) is 1.91. The first-order chi connectivity index (χ1) is 9.15. The second-order valence-corrected chi connectivity index (χ2v) is 5.02. The first-order valence-electron chi connectivity index (χ1n) is 6.06. The van der Waals surface area contributed by atoms with Crippen molar-refractivity contribution in [2.75, 3.05) is 12.4 Å². The molecule has 1 atom stereocenters. The lowest BCUT2D eigenvalue weighted by atomic mass is 10.2. The van der Waals surface area contributed by atoms with Crippen LogP contribution in [0.3, 0.4) is 0 Å². The molecular weight excluding hydrogens is 262 g/mol. The van der Waals surface area contributed by atoms with Crippen LogP contribution < -0.4 is 5.32 Å². The molecule has 5 nitrogen and oxygen atoms in total. The number of thiazole rings is 1. The normalized spacial score (nSPS) is 12.4. The average molecular weight is 279 g/mol. The molecule has 1 N–H and O–H groups in total. The Morgan fingerprint density at radius 1 is 1.63 bits per heavy atom. The predicted molar refractivity (Wildman–Crippen MR) is 76.2 cm³/mol. The molecule has 0 saturated carbocycles. The third-order valence-corrected chi connectivity index (χ3v) is 3.65. The molecule has 0 saturated heterocycles. The van der Waals surface area contributed by atoms with Gasteiger partial charge in [-0.05, 0) is 18.6 Å². The van der Waals surface area contributed by atoms with Crippen LogP contribution in [0.4, 0.5) is 5.13 Å². The molecule has 2 aromatic rings. The van der Waals surface area contributed by atoms with Gasteiger partial charge in [0.15, 0.2) is 5.13 Å². The highest BCUT2D eigenvalue weighted by atomic mass is 32.1. The molecule has 0 bridgehead atoms. The lowest BCUT2D eigenvalue weighted by Crippen LogP contribution is -2.28. The van der Waals surface area contributed by atoms with Gasteiger partial charge in [0, 0.05) is 25.7 Å². The quantitative estimate of drug-likeness (QED) is 0.915. The topological polar surface area (TPSA) is 56.1 Å². The predicted octanol–water partition coefficient (Wildman–Crippen LogP) is 2.51. The van der Waals surface area contributed by atoms with Gasteiger partial charge in [0.05, 0.1) is 11.4 Å². The lowest BCUT2D eigenvalue weighted by molar-refractivity contribution is -0.125. The fourth-order valence-electron chi connectivity index (χ4n) is 1.82. The van der Waals surface area contributed by atoms with E-state index in [1.54, 1.807) is 0 Å². The van der Waals surface area contributed by atoms with Gasteiger partial charge in [0.2, 0.25) is 0 Å². The average Bonchev–Trinajstić information content (AvgIpc) is 2.99. The van der Waals surface area contributed by atoms with E-state index >= 15 is 0 Å². The number of methoxy groups -OCH3 is 1. The molecule has 0 aliphatic heterocycles. The van der Waals surface area contributed by atoms with Crippen LogP contribution in [0, 0.1) is 0 Å². The van der Waals surface area contributed by atoms with Crippen molar-refractivity contribution in [2.24, 2.45) is 7.05 Å². The number of nitrogens with zero attached hydrogens (tertiary/aromatic N) is 2. The van der Waals surface area contributed by atoms with Crippen molar-refractivity contribution < 1.29 is 9.53 Å². The number of anilines is 1. The fraction of sp³-hybridized carbons (Fsp3) is 0.385. The number of nitrogens with one attached hydrogen (secondary N) is 1. The van der Waals surface area contributed by atoms with Crippen molar-refractivity contribution in [3.05, 3.63) is 23.7 Å². The summed E-state index contributed by atoms with van der Waals surface area (Å²) in [5.74, 6) is -0.155. The summed E-state index contributed by atoms with van der Waals surface area (Å²) in [5.41, 5.74) is 1.88. The zero-order chi connectivity index (χ0) is 13.8. The first kappa shape index (κ1) is 13.8. The Hall–Kier alpha value is -1.66. The summed E-state index contributed by atoms with van der Waals surface area (Å²) < 4.78 is 7.08. The molecular formula is C13H17N3O2S. The molecule has 6 heteroatoms. The number of amides is 1. The molecule has 19 heavy (non-hydrogen) atoms. The number of ether oxygens (including phenoxy) is 1. The van der Waals surface area contributed by atoms with Crippen LogP contribution in [0.1, 0.15) is 13.3 Å². The van der Waals surface area contributed by atoms with Crippen LogP contribution >= 0.6 is 11.3 Å². The maximum Gasteiger partial charge on any atom is 0.255 e. The maximum absolute atomic E-state index is 11.9. The van der Waals surface area contributed by atoms with Crippen molar-refractivity contribution in [3.63, 3.8) is 0 Å². The van der Waals surface area contributed by atoms with Gasteiger partial charge in [0.25, 0.3) is 5.91 Å². The molecule has 2 aromatic heterocycles. The van der Waals surface area contributed by atoms with Gasteiger partial charge in [-0.2, -0.15) is 0 Å². The number of carbonyl (C=O) groups excluding carboxylic acids is 1. The minimum absolute atomic E-state index is 0.155. The second kappa shape index (κ2) is 5.99. The highest BCUT2D eigenvalue weighted by molar-refractivity contribution is 7.14. The standard InChI is InChI=1S/C13H17N3O2S/c1-4-11(18-3)12(17)15-13-14-9(8-19-13)10-6-5-7-16(10)2/h5-8,11H,4H2,1-3H3,(H,14,15,17)/t11-/m1/s1. The van der Waals surface area contributed by atoms with E-state index in [2.05, 4.69) is 10.3 Å². The van der Waals surface area contributed by atoms with Crippen LogP contribution in [0.5, 0.6) is 0 Å². The van der Waals surface area contributed by atoms with Gasteiger partial charge in [-0.3, -0.25) is 10.1 Å². The highest BCUT2D eigenvalue weighted by Gasteiger charge is 2.17. The number of hydrogen-bond acceptors (Lipinski definition) is 4. The van der Waals surface area contributed by atoms with Gasteiger partial charge in [-0.1, -0.05) is 6.92 Å². The van der Waals surface area contributed by atoms with E-state index in [1.807, 2.05) is 42.2 Å². The van der Waals surface area contributed by atoms with Crippen LogP contribution in [0.2, 0.25) is 0 Å². The third-order valence-electron chi connectivity index (χ3n) is 2.89. The van der Waals surface area contributed by atoms with Crippen molar-refractivity contribution in [1.29, 1.82) is 0 Å². The molecule has 0 aliphatic carbocycles. The second-order valence-electron chi connectivity index (χ2n) is 4.16. The van der Waals surface area contributed by atoms with Crippen molar-refractivity contribution in [1.82, 2.24) is 9.55 Å². The summed E-state index contributed by atoms with van der Waals surface area (Å²) in [4.78, 5) is 16.3. The molecule has 102 valence electrons. The summed E-state index contributed by atoms with van der Waals surface area (Å²) in [6, 6.07) is 3.95. The highest BCUT2D eigenvalue weighted by Crippen LogP contribution is 2.25. The smallest absolute Gasteiger partial charge is 0.255 e. The molecule has 0 aliphatic rings. The largest absolute Gasteiger partial charge is 0.372 e. The van der Waals surface area contributed by atoms with Crippen LogP contribution in [-0.4, -0.2) is 28.7 Å². The van der Waals surface area contributed by atoms with E-state index in [0.717, 1.165) is 11.4 Å². The summed E-state index contributed by atoms with van der Waals surface area (Å²) in [7, 11) is 3.50. The number of aryl methyl sites for hydroxylation is 1. The number of aromatic nitrogens is 2. The molecule has 1 amide bonds. The summed E-state index contributed by atoms with van der Waals surface area (Å²) >= 11 is 1.41. The molecule has 0 spiro atoms.